The minimum absolute atomic E-state index is 0.385. The highest BCUT2D eigenvalue weighted by Crippen LogP contribution is 2.10. The molecule has 0 aliphatic rings. The summed E-state index contributed by atoms with van der Waals surface area (Å²) in [6.45, 7) is 1.98. The van der Waals surface area contributed by atoms with Gasteiger partial charge in [-0.2, -0.15) is 0 Å². The topological polar surface area (TPSA) is 21.6 Å². The van der Waals surface area contributed by atoms with Gasteiger partial charge < -0.3 is 4.84 Å². The average Bonchev–Trinajstić information content (AvgIpc) is 2.05. The Hall–Kier alpha value is -1.02. The Morgan fingerprint density at radius 1 is 1.42 bits per heavy atom. The monoisotopic (exact) mass is 183 g/mol. The van der Waals surface area contributed by atoms with Crippen LogP contribution in [0.25, 0.3) is 0 Å². The van der Waals surface area contributed by atoms with Crippen LogP contribution in [0.2, 0.25) is 0 Å². The predicted octanol–water partition coefficient (Wildman–Crippen LogP) is 2.54. The normalized spacial score (nSPS) is 11.4. The Labute approximate surface area is 76.8 Å². The molecule has 64 valence electrons. The largest absolute Gasteiger partial charge is 0.398 e. The van der Waals surface area contributed by atoms with E-state index in [1.165, 1.54) is 7.11 Å². The van der Waals surface area contributed by atoms with Gasteiger partial charge in [-0.3, -0.25) is 0 Å². The van der Waals surface area contributed by atoms with Crippen LogP contribution in [0.3, 0.4) is 0 Å². The molecule has 0 spiro atoms. The standard InChI is InChI=1S/C9H10ClNO/c1-7-5-3-4-6-8(7)9(10)11-12-2/h3-6H,1-2H3/b11-9-. The molecule has 0 N–H and O–H groups in total. The lowest BCUT2D eigenvalue weighted by molar-refractivity contribution is 0.214. The van der Waals surface area contributed by atoms with Crippen LogP contribution in [-0.4, -0.2) is 12.3 Å². The maximum absolute atomic E-state index is 5.84. The summed E-state index contributed by atoms with van der Waals surface area (Å²) in [5.41, 5.74) is 1.99. The summed E-state index contributed by atoms with van der Waals surface area (Å²) in [4.78, 5) is 4.57. The quantitative estimate of drug-likeness (QED) is 0.510. The van der Waals surface area contributed by atoms with E-state index in [9.17, 15) is 0 Å². The second-order valence-corrected chi connectivity index (χ2v) is 2.74. The van der Waals surface area contributed by atoms with Crippen molar-refractivity contribution in [3.05, 3.63) is 35.4 Å². The van der Waals surface area contributed by atoms with Gasteiger partial charge in [0.05, 0.1) is 0 Å². The summed E-state index contributed by atoms with van der Waals surface area (Å²) in [6, 6.07) is 7.74. The van der Waals surface area contributed by atoms with Gasteiger partial charge in [0, 0.05) is 5.56 Å². The molecule has 0 heterocycles. The zero-order valence-electron chi connectivity index (χ0n) is 7.04. The van der Waals surface area contributed by atoms with Crippen molar-refractivity contribution in [2.75, 3.05) is 7.11 Å². The third-order valence-corrected chi connectivity index (χ3v) is 1.81. The zero-order chi connectivity index (χ0) is 8.97. The third kappa shape index (κ3) is 1.98. The predicted molar refractivity (Wildman–Crippen MR) is 50.6 cm³/mol. The summed E-state index contributed by atoms with van der Waals surface area (Å²) in [5, 5.41) is 4.02. The summed E-state index contributed by atoms with van der Waals surface area (Å²) < 4.78 is 0. The van der Waals surface area contributed by atoms with Crippen LogP contribution < -0.4 is 0 Å². The molecule has 0 atom stereocenters. The van der Waals surface area contributed by atoms with Crippen molar-refractivity contribution in [2.24, 2.45) is 5.16 Å². The molecule has 0 aliphatic carbocycles. The SMILES string of the molecule is CO/N=C(\Cl)c1ccccc1C. The minimum Gasteiger partial charge on any atom is -0.398 e. The van der Waals surface area contributed by atoms with Crippen LogP contribution in [0.15, 0.2) is 29.4 Å². The molecule has 0 amide bonds. The summed E-state index contributed by atoms with van der Waals surface area (Å²) in [7, 11) is 1.47. The fourth-order valence-corrected chi connectivity index (χ4v) is 1.21. The van der Waals surface area contributed by atoms with Gasteiger partial charge in [-0.25, -0.2) is 0 Å². The molecular weight excluding hydrogens is 174 g/mol. The van der Waals surface area contributed by atoms with Gasteiger partial charge in [-0.05, 0) is 12.5 Å². The van der Waals surface area contributed by atoms with Gasteiger partial charge in [0.25, 0.3) is 0 Å². The number of oxime groups is 1. The number of aryl methyl sites for hydroxylation is 1. The van der Waals surface area contributed by atoms with Crippen molar-refractivity contribution in [2.45, 2.75) is 6.92 Å². The fourth-order valence-electron chi connectivity index (χ4n) is 0.934. The maximum Gasteiger partial charge on any atom is 0.175 e. The first-order valence-corrected chi connectivity index (χ1v) is 3.96. The van der Waals surface area contributed by atoms with Gasteiger partial charge in [0.2, 0.25) is 0 Å². The first-order valence-electron chi connectivity index (χ1n) is 3.58. The molecule has 3 heteroatoms. The maximum atomic E-state index is 5.84. The molecule has 0 radical (unpaired) electrons. The molecule has 0 aromatic heterocycles. The van der Waals surface area contributed by atoms with E-state index in [1.54, 1.807) is 0 Å². The van der Waals surface area contributed by atoms with E-state index < -0.39 is 0 Å². The Balaban J connectivity index is 3.02. The molecule has 2 nitrogen and oxygen atoms in total. The van der Waals surface area contributed by atoms with Crippen LogP contribution >= 0.6 is 11.6 Å². The van der Waals surface area contributed by atoms with E-state index in [0.29, 0.717) is 5.17 Å². The molecule has 12 heavy (non-hydrogen) atoms. The van der Waals surface area contributed by atoms with E-state index in [2.05, 4.69) is 9.99 Å². The first-order chi connectivity index (χ1) is 5.75. The summed E-state index contributed by atoms with van der Waals surface area (Å²) in [5.74, 6) is 0. The van der Waals surface area contributed by atoms with Gasteiger partial charge in [-0.15, -0.1) is 0 Å². The van der Waals surface area contributed by atoms with E-state index in [4.69, 9.17) is 11.6 Å². The molecule has 0 fully saturated rings. The van der Waals surface area contributed by atoms with Gasteiger partial charge in [0.1, 0.15) is 7.11 Å². The number of hydrogen-bond donors (Lipinski definition) is 0. The van der Waals surface area contributed by atoms with E-state index in [1.807, 2.05) is 31.2 Å². The third-order valence-electron chi connectivity index (χ3n) is 1.54. The highest BCUT2D eigenvalue weighted by molar-refractivity contribution is 6.69. The van der Waals surface area contributed by atoms with Crippen LogP contribution in [0, 0.1) is 6.92 Å². The van der Waals surface area contributed by atoms with Crippen LogP contribution in [0.5, 0.6) is 0 Å². The Morgan fingerprint density at radius 2 is 2.08 bits per heavy atom. The van der Waals surface area contributed by atoms with Gasteiger partial charge in [0.15, 0.2) is 5.17 Å². The van der Waals surface area contributed by atoms with Crippen molar-refractivity contribution >= 4 is 16.8 Å². The molecule has 1 aromatic rings. The van der Waals surface area contributed by atoms with Crippen molar-refractivity contribution in [3.63, 3.8) is 0 Å². The number of benzene rings is 1. The summed E-state index contributed by atoms with van der Waals surface area (Å²) in [6.07, 6.45) is 0. The molecule has 0 aliphatic heterocycles. The average molecular weight is 184 g/mol. The molecule has 1 aromatic carbocycles. The van der Waals surface area contributed by atoms with Crippen molar-refractivity contribution < 1.29 is 4.84 Å². The molecule has 0 saturated heterocycles. The molecule has 0 unspecified atom stereocenters. The van der Waals surface area contributed by atoms with Gasteiger partial charge in [-0.1, -0.05) is 41.0 Å². The second-order valence-electron chi connectivity index (χ2n) is 2.38. The number of rotatable bonds is 2. The summed E-state index contributed by atoms with van der Waals surface area (Å²) >= 11 is 5.84. The lowest BCUT2D eigenvalue weighted by Crippen LogP contribution is -1.94. The van der Waals surface area contributed by atoms with Crippen LogP contribution in [0.4, 0.5) is 0 Å². The van der Waals surface area contributed by atoms with Crippen LogP contribution in [-0.2, 0) is 4.84 Å². The van der Waals surface area contributed by atoms with Crippen LogP contribution in [0.1, 0.15) is 11.1 Å². The van der Waals surface area contributed by atoms with Crippen molar-refractivity contribution in [1.82, 2.24) is 0 Å². The van der Waals surface area contributed by atoms with Crippen molar-refractivity contribution in [3.8, 4) is 0 Å². The molecule has 0 saturated carbocycles. The fraction of sp³-hybridized carbons (Fsp3) is 0.222. The zero-order valence-corrected chi connectivity index (χ0v) is 7.80. The minimum atomic E-state index is 0.385. The second kappa shape index (κ2) is 4.12. The lowest BCUT2D eigenvalue weighted by atomic mass is 10.1. The Bertz CT molecular complexity index is 296. The van der Waals surface area contributed by atoms with E-state index in [0.717, 1.165) is 11.1 Å². The van der Waals surface area contributed by atoms with E-state index >= 15 is 0 Å². The van der Waals surface area contributed by atoms with Gasteiger partial charge >= 0.3 is 0 Å². The Morgan fingerprint density at radius 3 is 2.67 bits per heavy atom. The smallest absolute Gasteiger partial charge is 0.175 e. The molecule has 0 bridgehead atoms. The Kier molecular flexibility index (Phi) is 3.11. The van der Waals surface area contributed by atoms with Crippen molar-refractivity contribution in [1.29, 1.82) is 0 Å². The lowest BCUT2D eigenvalue weighted by Gasteiger charge is -2.00. The number of hydrogen-bond acceptors (Lipinski definition) is 2. The number of nitrogens with zero attached hydrogens (tertiary/aromatic N) is 1. The first kappa shape index (κ1) is 9.07. The highest BCUT2D eigenvalue weighted by atomic mass is 35.5. The van der Waals surface area contributed by atoms with E-state index in [-0.39, 0.29) is 0 Å². The highest BCUT2D eigenvalue weighted by Gasteiger charge is 2.02. The number of halogens is 1. The molecule has 1 rings (SSSR count). The molecular formula is C9H10ClNO.